The van der Waals surface area contributed by atoms with Crippen molar-refractivity contribution in [1.82, 2.24) is 0 Å². The van der Waals surface area contributed by atoms with Crippen LogP contribution in [-0.4, -0.2) is 19.3 Å². The monoisotopic (exact) mass is 266 g/mol. The van der Waals surface area contributed by atoms with E-state index in [2.05, 4.69) is 25.2 Å². The smallest absolute Gasteiger partial charge is 0.115 e. The summed E-state index contributed by atoms with van der Waals surface area (Å²) in [6.07, 6.45) is 8.24. The van der Waals surface area contributed by atoms with Gasteiger partial charge in [0.2, 0.25) is 0 Å². The number of allylic oxidation sites excluding steroid dienone is 1. The van der Waals surface area contributed by atoms with Gasteiger partial charge in [-0.3, -0.25) is 0 Å². The molecule has 0 saturated heterocycles. The Hall–Kier alpha value is -1.28. The van der Waals surface area contributed by atoms with E-state index in [1.807, 2.05) is 18.2 Å². The van der Waals surface area contributed by atoms with Gasteiger partial charge >= 0.3 is 0 Å². The second-order valence-electron chi connectivity index (χ2n) is 4.27. The van der Waals surface area contributed by atoms with Crippen LogP contribution >= 0.6 is 0 Å². The first-order valence-corrected chi connectivity index (χ1v) is 6.95. The Labute approximate surface area is 119 Å². The van der Waals surface area contributed by atoms with Crippen molar-refractivity contribution >= 4 is 0 Å². The Morgan fingerprint density at radius 1 is 1.05 bits per heavy atom. The van der Waals surface area contributed by atoms with E-state index in [1.54, 1.807) is 26.4 Å². The summed E-state index contributed by atoms with van der Waals surface area (Å²) < 4.78 is 4.25. The number of benzene rings is 1. The quantitative estimate of drug-likeness (QED) is 0.602. The highest BCUT2D eigenvalue weighted by Gasteiger charge is 1.87. The van der Waals surface area contributed by atoms with E-state index in [0.717, 1.165) is 6.42 Å². The van der Waals surface area contributed by atoms with Crippen LogP contribution in [0.15, 0.2) is 36.9 Å². The Morgan fingerprint density at radius 3 is 1.79 bits per heavy atom. The zero-order valence-corrected chi connectivity index (χ0v) is 13.0. The van der Waals surface area contributed by atoms with Crippen LogP contribution in [-0.2, 0) is 11.2 Å². The van der Waals surface area contributed by atoms with E-state index in [4.69, 9.17) is 5.11 Å². The SMILES string of the molecule is C=CCc1ccc(O)cc1.CCCCCC.COC. The summed E-state index contributed by atoms with van der Waals surface area (Å²) in [7, 11) is 3.25. The third kappa shape index (κ3) is 16.7. The zero-order valence-electron chi connectivity index (χ0n) is 13.0. The normalized spacial score (nSPS) is 8.63. The fraction of sp³-hybridized carbons (Fsp3) is 0.529. The minimum absolute atomic E-state index is 0.313. The van der Waals surface area contributed by atoms with Gasteiger partial charge in [-0.05, 0) is 24.1 Å². The number of rotatable bonds is 5. The fourth-order valence-corrected chi connectivity index (χ4v) is 1.30. The molecule has 0 spiro atoms. The van der Waals surface area contributed by atoms with Crippen molar-refractivity contribution in [2.75, 3.05) is 14.2 Å². The third-order valence-electron chi connectivity index (χ3n) is 2.27. The van der Waals surface area contributed by atoms with Gasteiger partial charge in [-0.2, -0.15) is 0 Å². The van der Waals surface area contributed by atoms with E-state index in [1.165, 1.54) is 31.2 Å². The van der Waals surface area contributed by atoms with Crippen LogP contribution in [0, 0.1) is 0 Å². The Morgan fingerprint density at radius 2 is 1.47 bits per heavy atom. The summed E-state index contributed by atoms with van der Waals surface area (Å²) in [6, 6.07) is 7.13. The maximum absolute atomic E-state index is 8.90. The lowest BCUT2D eigenvalue weighted by molar-refractivity contribution is 0.277. The fourth-order valence-electron chi connectivity index (χ4n) is 1.30. The molecule has 0 aliphatic heterocycles. The van der Waals surface area contributed by atoms with Gasteiger partial charge in [0.25, 0.3) is 0 Å². The Kier molecular flexibility index (Phi) is 17.6. The lowest BCUT2D eigenvalue weighted by Crippen LogP contribution is -1.77. The molecule has 110 valence electrons. The molecule has 1 aromatic rings. The molecule has 0 aliphatic rings. The molecule has 0 saturated carbocycles. The maximum Gasteiger partial charge on any atom is 0.115 e. The van der Waals surface area contributed by atoms with E-state index in [0.29, 0.717) is 5.75 Å². The van der Waals surface area contributed by atoms with E-state index >= 15 is 0 Å². The zero-order chi connectivity index (χ0) is 14.9. The van der Waals surface area contributed by atoms with Crippen LogP contribution in [0.4, 0.5) is 0 Å². The van der Waals surface area contributed by atoms with Crippen molar-refractivity contribution in [1.29, 1.82) is 0 Å². The van der Waals surface area contributed by atoms with Crippen molar-refractivity contribution in [3.8, 4) is 5.75 Å². The molecule has 0 unspecified atom stereocenters. The molecule has 0 amide bonds. The van der Waals surface area contributed by atoms with Crippen LogP contribution in [0.25, 0.3) is 0 Å². The molecule has 0 aliphatic carbocycles. The minimum atomic E-state index is 0.313. The van der Waals surface area contributed by atoms with Crippen LogP contribution in [0.5, 0.6) is 5.75 Å². The van der Waals surface area contributed by atoms with Gasteiger partial charge in [-0.1, -0.05) is 57.7 Å². The van der Waals surface area contributed by atoms with Gasteiger partial charge in [0.05, 0.1) is 0 Å². The molecule has 1 N–H and O–H groups in total. The first-order valence-electron chi connectivity index (χ1n) is 6.95. The van der Waals surface area contributed by atoms with Crippen molar-refractivity contribution in [2.24, 2.45) is 0 Å². The highest BCUT2D eigenvalue weighted by molar-refractivity contribution is 5.26. The Balaban J connectivity index is 0. The summed E-state index contributed by atoms with van der Waals surface area (Å²) >= 11 is 0. The summed E-state index contributed by atoms with van der Waals surface area (Å²) in [5.74, 6) is 0.313. The summed E-state index contributed by atoms with van der Waals surface area (Å²) in [4.78, 5) is 0. The van der Waals surface area contributed by atoms with Crippen LogP contribution in [0.1, 0.15) is 45.1 Å². The lowest BCUT2D eigenvalue weighted by Gasteiger charge is -1.94. The van der Waals surface area contributed by atoms with Crippen molar-refractivity contribution < 1.29 is 9.84 Å². The number of unbranched alkanes of at least 4 members (excludes halogenated alkanes) is 3. The summed E-state index contributed by atoms with van der Waals surface area (Å²) in [6.45, 7) is 8.08. The first kappa shape index (κ1) is 20.0. The lowest BCUT2D eigenvalue weighted by atomic mass is 10.1. The molecule has 0 atom stereocenters. The molecule has 2 nitrogen and oxygen atoms in total. The van der Waals surface area contributed by atoms with Crippen molar-refractivity contribution in [2.45, 2.75) is 46.0 Å². The molecule has 0 radical (unpaired) electrons. The highest BCUT2D eigenvalue weighted by atomic mass is 16.4. The molecule has 0 heterocycles. The molecule has 0 fully saturated rings. The molecular formula is C17H30O2. The predicted molar refractivity (Wildman–Crippen MR) is 84.8 cm³/mol. The average Bonchev–Trinajstić information content (AvgIpc) is 2.41. The van der Waals surface area contributed by atoms with Gasteiger partial charge < -0.3 is 9.84 Å². The van der Waals surface area contributed by atoms with Gasteiger partial charge in [0, 0.05) is 14.2 Å². The number of methoxy groups -OCH3 is 1. The molecule has 0 aromatic heterocycles. The topological polar surface area (TPSA) is 29.5 Å². The van der Waals surface area contributed by atoms with Gasteiger partial charge in [0.1, 0.15) is 5.75 Å². The van der Waals surface area contributed by atoms with Crippen LogP contribution in [0.2, 0.25) is 0 Å². The number of ether oxygens (including phenoxy) is 1. The molecular weight excluding hydrogens is 236 g/mol. The molecule has 1 rings (SSSR count). The second-order valence-corrected chi connectivity index (χ2v) is 4.27. The maximum atomic E-state index is 8.90. The number of aromatic hydroxyl groups is 1. The second kappa shape index (κ2) is 16.7. The van der Waals surface area contributed by atoms with Gasteiger partial charge in [0.15, 0.2) is 0 Å². The largest absolute Gasteiger partial charge is 0.508 e. The third-order valence-corrected chi connectivity index (χ3v) is 2.27. The Bertz CT molecular complexity index is 274. The standard InChI is InChI=1S/C9H10O.C6H14.C2H6O/c1-2-3-8-4-6-9(10)7-5-8;1-3-5-6-4-2;1-3-2/h2,4-7,10H,1,3H2;3-6H2,1-2H3;1-2H3. The van der Waals surface area contributed by atoms with Crippen molar-refractivity contribution in [3.63, 3.8) is 0 Å². The molecule has 2 heteroatoms. The van der Waals surface area contributed by atoms with Crippen LogP contribution in [0.3, 0.4) is 0 Å². The predicted octanol–water partition coefficient (Wildman–Crippen LogP) is 4.97. The van der Waals surface area contributed by atoms with Gasteiger partial charge in [-0.15, -0.1) is 6.58 Å². The molecule has 0 bridgehead atoms. The number of hydrogen-bond acceptors (Lipinski definition) is 2. The number of phenols is 1. The first-order chi connectivity index (χ1) is 9.15. The molecule has 1 aromatic carbocycles. The highest BCUT2D eigenvalue weighted by Crippen LogP contribution is 2.09. The van der Waals surface area contributed by atoms with Gasteiger partial charge in [-0.25, -0.2) is 0 Å². The summed E-state index contributed by atoms with van der Waals surface area (Å²) in [5.41, 5.74) is 1.17. The van der Waals surface area contributed by atoms with E-state index in [9.17, 15) is 0 Å². The average molecular weight is 266 g/mol. The summed E-state index contributed by atoms with van der Waals surface area (Å²) in [5, 5.41) is 8.90. The van der Waals surface area contributed by atoms with E-state index < -0.39 is 0 Å². The number of phenolic OH excluding ortho intramolecular Hbond substituents is 1. The van der Waals surface area contributed by atoms with Crippen molar-refractivity contribution in [3.05, 3.63) is 42.5 Å². The number of hydrogen-bond donors (Lipinski definition) is 1. The minimum Gasteiger partial charge on any atom is -0.508 e. The van der Waals surface area contributed by atoms with E-state index in [-0.39, 0.29) is 0 Å². The van der Waals surface area contributed by atoms with Crippen LogP contribution < -0.4 is 0 Å². The molecule has 19 heavy (non-hydrogen) atoms.